The predicted molar refractivity (Wildman–Crippen MR) is 88.0 cm³/mol. The van der Waals surface area contributed by atoms with Crippen LogP contribution >= 0.6 is 0 Å². The molecule has 1 aromatic heterocycles. The third kappa shape index (κ3) is 4.55. The quantitative estimate of drug-likeness (QED) is 0.887. The van der Waals surface area contributed by atoms with E-state index >= 15 is 0 Å². The number of aromatic nitrogens is 1. The Hall–Kier alpha value is -2.87. The third-order valence-electron chi connectivity index (χ3n) is 3.59. The highest BCUT2D eigenvalue weighted by Crippen LogP contribution is 2.17. The van der Waals surface area contributed by atoms with Gasteiger partial charge in [-0.15, -0.1) is 0 Å². The molecule has 0 aliphatic heterocycles. The van der Waals surface area contributed by atoms with Crippen LogP contribution in [-0.4, -0.2) is 22.6 Å². The fourth-order valence-electron chi connectivity index (χ4n) is 2.20. The van der Waals surface area contributed by atoms with Gasteiger partial charge in [0, 0.05) is 19.3 Å². The molecule has 1 heterocycles. The molecule has 0 aliphatic rings. The highest BCUT2D eigenvalue weighted by atomic mass is 16.4. The Morgan fingerprint density at radius 1 is 1.30 bits per heavy atom. The lowest BCUT2D eigenvalue weighted by Crippen LogP contribution is -2.32. The maximum atomic E-state index is 11.2. The smallest absolute Gasteiger partial charge is 0.308 e. The molecule has 0 spiro atoms. The van der Waals surface area contributed by atoms with E-state index in [1.807, 2.05) is 36.1 Å². The Bertz CT molecular complexity index is 703. The number of anilines is 1. The number of benzene rings is 1. The van der Waals surface area contributed by atoms with Gasteiger partial charge in [0.15, 0.2) is 0 Å². The van der Waals surface area contributed by atoms with Crippen LogP contribution in [0.3, 0.4) is 0 Å². The van der Waals surface area contributed by atoms with Crippen molar-refractivity contribution in [3.63, 3.8) is 0 Å². The van der Waals surface area contributed by atoms with Gasteiger partial charge in [-0.2, -0.15) is 5.26 Å². The Morgan fingerprint density at radius 3 is 2.52 bits per heavy atom. The summed E-state index contributed by atoms with van der Waals surface area (Å²) in [6.45, 7) is 4.55. The Balaban J connectivity index is 2.23. The maximum Gasteiger partial charge on any atom is 0.308 e. The highest BCUT2D eigenvalue weighted by molar-refractivity contribution is 5.70. The standard InChI is InChI=1S/C18H19N3O2/c1-13-3-8-17(20-10-13)21(11-14(2)18(22)23)12-16-6-4-15(9-19)5-7-16/h3-8,10,14H,11-12H2,1-2H3,(H,22,23). The summed E-state index contributed by atoms with van der Waals surface area (Å²) >= 11 is 0. The molecule has 0 radical (unpaired) electrons. The number of rotatable bonds is 6. The fraction of sp³-hybridized carbons (Fsp3) is 0.278. The van der Waals surface area contributed by atoms with Crippen LogP contribution in [0.15, 0.2) is 42.6 Å². The Morgan fingerprint density at radius 2 is 2.00 bits per heavy atom. The Labute approximate surface area is 135 Å². The minimum atomic E-state index is -0.832. The lowest BCUT2D eigenvalue weighted by Gasteiger charge is -2.25. The topological polar surface area (TPSA) is 77.2 Å². The zero-order valence-corrected chi connectivity index (χ0v) is 13.2. The second-order valence-electron chi connectivity index (χ2n) is 5.62. The molecule has 1 unspecified atom stereocenters. The number of hydrogen-bond acceptors (Lipinski definition) is 4. The summed E-state index contributed by atoms with van der Waals surface area (Å²) in [6, 6.07) is 13.2. The number of carboxylic acids is 1. The summed E-state index contributed by atoms with van der Waals surface area (Å²) in [5.41, 5.74) is 2.66. The van der Waals surface area contributed by atoms with Gasteiger partial charge < -0.3 is 10.0 Å². The maximum absolute atomic E-state index is 11.2. The first kappa shape index (κ1) is 16.5. The summed E-state index contributed by atoms with van der Waals surface area (Å²) in [7, 11) is 0. The van der Waals surface area contributed by atoms with E-state index in [-0.39, 0.29) is 0 Å². The van der Waals surface area contributed by atoms with E-state index in [4.69, 9.17) is 5.26 Å². The SMILES string of the molecule is Cc1ccc(N(Cc2ccc(C#N)cc2)CC(C)C(=O)O)nc1. The molecular formula is C18H19N3O2. The molecule has 0 fully saturated rings. The summed E-state index contributed by atoms with van der Waals surface area (Å²) in [6.07, 6.45) is 1.77. The van der Waals surface area contributed by atoms with Crippen LogP contribution < -0.4 is 4.90 Å². The van der Waals surface area contributed by atoms with Crippen molar-refractivity contribution in [3.8, 4) is 6.07 Å². The van der Waals surface area contributed by atoms with Gasteiger partial charge >= 0.3 is 5.97 Å². The van der Waals surface area contributed by atoms with Gasteiger partial charge in [-0.3, -0.25) is 4.79 Å². The number of pyridine rings is 1. The molecule has 0 aliphatic carbocycles. The minimum Gasteiger partial charge on any atom is -0.481 e. The van der Waals surface area contributed by atoms with E-state index < -0.39 is 11.9 Å². The molecule has 1 N–H and O–H groups in total. The number of carbonyl (C=O) groups is 1. The van der Waals surface area contributed by atoms with Crippen molar-refractivity contribution in [1.82, 2.24) is 4.98 Å². The van der Waals surface area contributed by atoms with Gasteiger partial charge in [-0.25, -0.2) is 4.98 Å². The van der Waals surface area contributed by atoms with Crippen molar-refractivity contribution in [2.45, 2.75) is 20.4 Å². The molecule has 2 aromatic rings. The fourth-order valence-corrected chi connectivity index (χ4v) is 2.20. The van der Waals surface area contributed by atoms with E-state index in [1.54, 1.807) is 25.3 Å². The van der Waals surface area contributed by atoms with Gasteiger partial charge in [-0.1, -0.05) is 25.1 Å². The van der Waals surface area contributed by atoms with Gasteiger partial charge in [0.1, 0.15) is 5.82 Å². The van der Waals surface area contributed by atoms with Crippen molar-refractivity contribution in [3.05, 3.63) is 59.3 Å². The lowest BCUT2D eigenvalue weighted by atomic mass is 10.1. The first-order chi connectivity index (χ1) is 11.0. The van der Waals surface area contributed by atoms with Crippen molar-refractivity contribution in [2.24, 2.45) is 5.92 Å². The van der Waals surface area contributed by atoms with Crippen molar-refractivity contribution >= 4 is 11.8 Å². The van der Waals surface area contributed by atoms with E-state index in [0.717, 1.165) is 16.9 Å². The first-order valence-electron chi connectivity index (χ1n) is 7.39. The van der Waals surface area contributed by atoms with E-state index in [1.165, 1.54) is 0 Å². The van der Waals surface area contributed by atoms with E-state index in [0.29, 0.717) is 18.7 Å². The van der Waals surface area contributed by atoms with E-state index in [9.17, 15) is 9.90 Å². The number of carboxylic acid groups (broad SMARTS) is 1. The summed E-state index contributed by atoms with van der Waals surface area (Å²) < 4.78 is 0. The molecule has 0 saturated carbocycles. The third-order valence-corrected chi connectivity index (χ3v) is 3.59. The average molecular weight is 309 g/mol. The minimum absolute atomic E-state index is 0.366. The molecule has 0 bridgehead atoms. The molecule has 0 saturated heterocycles. The Kier molecular flexibility index (Phi) is 5.32. The molecule has 0 amide bonds. The van der Waals surface area contributed by atoms with Crippen LogP contribution in [0, 0.1) is 24.2 Å². The number of nitriles is 1. The van der Waals surface area contributed by atoms with Crippen LogP contribution in [0.2, 0.25) is 0 Å². The van der Waals surface area contributed by atoms with Gasteiger partial charge in [0.05, 0.1) is 17.6 Å². The van der Waals surface area contributed by atoms with Gasteiger partial charge in [0.2, 0.25) is 0 Å². The molecule has 1 atom stereocenters. The molecule has 5 heteroatoms. The monoisotopic (exact) mass is 309 g/mol. The summed E-state index contributed by atoms with van der Waals surface area (Å²) in [4.78, 5) is 17.5. The normalized spacial score (nSPS) is 11.5. The molecule has 5 nitrogen and oxygen atoms in total. The summed E-state index contributed by atoms with van der Waals surface area (Å²) in [5.74, 6) is -0.591. The van der Waals surface area contributed by atoms with Crippen molar-refractivity contribution < 1.29 is 9.90 Å². The van der Waals surface area contributed by atoms with Crippen molar-refractivity contribution in [1.29, 1.82) is 5.26 Å². The molecule has 1 aromatic carbocycles. The van der Waals surface area contributed by atoms with E-state index in [2.05, 4.69) is 11.1 Å². The highest BCUT2D eigenvalue weighted by Gasteiger charge is 2.17. The number of aryl methyl sites for hydroxylation is 1. The second-order valence-corrected chi connectivity index (χ2v) is 5.62. The van der Waals surface area contributed by atoms with Crippen LogP contribution in [0.5, 0.6) is 0 Å². The second kappa shape index (κ2) is 7.41. The van der Waals surface area contributed by atoms with Crippen LogP contribution in [0.1, 0.15) is 23.6 Å². The number of aliphatic carboxylic acids is 1. The molecule has 2 rings (SSSR count). The zero-order chi connectivity index (χ0) is 16.8. The lowest BCUT2D eigenvalue weighted by molar-refractivity contribution is -0.140. The number of nitrogens with zero attached hydrogens (tertiary/aromatic N) is 3. The van der Waals surface area contributed by atoms with Crippen LogP contribution in [0.4, 0.5) is 5.82 Å². The largest absolute Gasteiger partial charge is 0.481 e. The zero-order valence-electron chi connectivity index (χ0n) is 13.2. The first-order valence-corrected chi connectivity index (χ1v) is 7.39. The van der Waals surface area contributed by atoms with Gasteiger partial charge in [0.25, 0.3) is 0 Å². The van der Waals surface area contributed by atoms with Crippen molar-refractivity contribution in [2.75, 3.05) is 11.4 Å². The average Bonchev–Trinajstić information content (AvgIpc) is 2.55. The summed E-state index contributed by atoms with van der Waals surface area (Å²) in [5, 5.41) is 18.0. The molecule has 23 heavy (non-hydrogen) atoms. The molecular weight excluding hydrogens is 290 g/mol. The van der Waals surface area contributed by atoms with Crippen LogP contribution in [0.25, 0.3) is 0 Å². The van der Waals surface area contributed by atoms with Crippen LogP contribution in [-0.2, 0) is 11.3 Å². The predicted octanol–water partition coefficient (Wildman–Crippen LogP) is 2.99. The molecule has 118 valence electrons. The number of hydrogen-bond donors (Lipinski definition) is 1. The van der Waals surface area contributed by atoms with Gasteiger partial charge in [-0.05, 0) is 36.2 Å².